The Bertz CT molecular complexity index is 1010. The highest BCUT2D eigenvalue weighted by atomic mass is 16.5. The minimum Gasteiger partial charge on any atom is -0.466 e. The summed E-state index contributed by atoms with van der Waals surface area (Å²) in [5, 5.41) is 0. The van der Waals surface area contributed by atoms with Gasteiger partial charge in [0.25, 0.3) is 0 Å². The standard InChI is InChI=1S/C27H31NO4/c1-19-17-20(2)24(25(23(19)26(29)31-4)22-13-9-6-10-14-22)27(30)32-16-15-28(3)18-21-11-7-5-8-12-21/h5-14,25H,15-18H2,1-4H3. The smallest absolute Gasteiger partial charge is 0.334 e. The maximum absolute atomic E-state index is 13.2. The van der Waals surface area contributed by atoms with E-state index in [1.165, 1.54) is 12.7 Å². The molecule has 5 nitrogen and oxygen atoms in total. The summed E-state index contributed by atoms with van der Waals surface area (Å²) in [4.78, 5) is 28.0. The molecular formula is C27H31NO4. The summed E-state index contributed by atoms with van der Waals surface area (Å²) < 4.78 is 10.8. The highest BCUT2D eigenvalue weighted by molar-refractivity contribution is 6.00. The Kier molecular flexibility index (Phi) is 8.01. The lowest BCUT2D eigenvalue weighted by atomic mass is 9.75. The third-order valence-electron chi connectivity index (χ3n) is 5.79. The van der Waals surface area contributed by atoms with Crippen molar-refractivity contribution in [3.05, 3.63) is 94.1 Å². The van der Waals surface area contributed by atoms with Crippen molar-refractivity contribution < 1.29 is 19.1 Å². The van der Waals surface area contributed by atoms with E-state index in [1.807, 2.05) is 69.4 Å². The van der Waals surface area contributed by atoms with Crippen LogP contribution in [-0.4, -0.2) is 44.1 Å². The predicted molar refractivity (Wildman–Crippen MR) is 125 cm³/mol. The van der Waals surface area contributed by atoms with Gasteiger partial charge in [-0.25, -0.2) is 9.59 Å². The van der Waals surface area contributed by atoms with E-state index in [4.69, 9.17) is 9.47 Å². The van der Waals surface area contributed by atoms with Crippen molar-refractivity contribution in [2.24, 2.45) is 0 Å². The summed E-state index contributed by atoms with van der Waals surface area (Å²) in [6.45, 7) is 5.53. The van der Waals surface area contributed by atoms with Gasteiger partial charge in [0.05, 0.1) is 7.11 Å². The number of rotatable bonds is 8. The lowest BCUT2D eigenvalue weighted by Gasteiger charge is -2.29. The zero-order valence-corrected chi connectivity index (χ0v) is 19.3. The molecule has 5 heteroatoms. The van der Waals surface area contributed by atoms with E-state index in [0.717, 1.165) is 23.3 Å². The molecule has 1 aliphatic carbocycles. The first-order chi connectivity index (χ1) is 15.4. The van der Waals surface area contributed by atoms with Gasteiger partial charge >= 0.3 is 11.9 Å². The van der Waals surface area contributed by atoms with Crippen LogP contribution in [0.25, 0.3) is 0 Å². The number of carbonyl (C=O) groups excluding carboxylic acids is 2. The zero-order valence-electron chi connectivity index (χ0n) is 19.3. The Labute approximate surface area is 190 Å². The van der Waals surface area contributed by atoms with E-state index in [9.17, 15) is 9.59 Å². The number of esters is 2. The molecule has 0 N–H and O–H groups in total. The van der Waals surface area contributed by atoms with Gasteiger partial charge in [-0.2, -0.15) is 0 Å². The van der Waals surface area contributed by atoms with Crippen molar-refractivity contribution in [1.29, 1.82) is 0 Å². The van der Waals surface area contributed by atoms with Gasteiger partial charge in [-0.3, -0.25) is 4.90 Å². The maximum Gasteiger partial charge on any atom is 0.334 e. The number of hydrogen-bond acceptors (Lipinski definition) is 5. The van der Waals surface area contributed by atoms with Crippen LogP contribution < -0.4 is 0 Å². The van der Waals surface area contributed by atoms with Gasteiger partial charge in [0.2, 0.25) is 0 Å². The van der Waals surface area contributed by atoms with Gasteiger partial charge in [-0.05, 0) is 38.4 Å². The molecule has 0 fully saturated rings. The van der Waals surface area contributed by atoms with Crippen molar-refractivity contribution in [3.8, 4) is 0 Å². The fourth-order valence-corrected chi connectivity index (χ4v) is 4.24. The molecule has 0 saturated carbocycles. The number of allylic oxidation sites excluding steroid dienone is 2. The third kappa shape index (κ3) is 5.54. The van der Waals surface area contributed by atoms with Gasteiger partial charge in [0.15, 0.2) is 0 Å². The second-order valence-corrected chi connectivity index (χ2v) is 8.26. The molecule has 32 heavy (non-hydrogen) atoms. The molecule has 168 valence electrons. The Morgan fingerprint density at radius 3 is 2.06 bits per heavy atom. The van der Waals surface area contributed by atoms with Crippen LogP contribution in [0, 0.1) is 0 Å². The molecule has 2 aromatic carbocycles. The number of nitrogens with zero attached hydrogens (tertiary/aromatic N) is 1. The Hall–Kier alpha value is -3.18. The molecule has 0 bridgehead atoms. The van der Waals surface area contributed by atoms with Crippen LogP contribution in [0.1, 0.15) is 37.3 Å². The second kappa shape index (κ2) is 10.9. The van der Waals surface area contributed by atoms with Crippen LogP contribution in [-0.2, 0) is 25.6 Å². The van der Waals surface area contributed by atoms with Crippen molar-refractivity contribution in [1.82, 2.24) is 4.90 Å². The molecule has 1 aliphatic rings. The summed E-state index contributed by atoms with van der Waals surface area (Å²) in [7, 11) is 3.37. The summed E-state index contributed by atoms with van der Waals surface area (Å²) in [5.74, 6) is -1.28. The van der Waals surface area contributed by atoms with Crippen molar-refractivity contribution >= 4 is 11.9 Å². The average Bonchev–Trinajstić information content (AvgIpc) is 2.79. The third-order valence-corrected chi connectivity index (χ3v) is 5.79. The van der Waals surface area contributed by atoms with Crippen LogP contribution in [0.2, 0.25) is 0 Å². The molecular weight excluding hydrogens is 402 g/mol. The molecule has 1 atom stereocenters. The molecule has 0 aromatic heterocycles. The summed E-state index contributed by atoms with van der Waals surface area (Å²) in [6, 6.07) is 19.8. The van der Waals surface area contributed by atoms with E-state index in [-0.39, 0.29) is 12.6 Å². The average molecular weight is 434 g/mol. The lowest BCUT2D eigenvalue weighted by Crippen LogP contribution is -2.28. The van der Waals surface area contributed by atoms with Crippen LogP contribution in [0.15, 0.2) is 83.0 Å². The molecule has 2 aromatic rings. The first-order valence-corrected chi connectivity index (χ1v) is 10.8. The number of likely N-dealkylation sites (N-methyl/N-ethyl adjacent to an activating group) is 1. The molecule has 0 radical (unpaired) electrons. The minimum absolute atomic E-state index is 0.275. The summed E-state index contributed by atoms with van der Waals surface area (Å²) in [5.41, 5.74) is 4.98. The van der Waals surface area contributed by atoms with Gasteiger partial charge in [0, 0.05) is 30.2 Å². The first-order valence-electron chi connectivity index (χ1n) is 10.8. The zero-order chi connectivity index (χ0) is 23.1. The van der Waals surface area contributed by atoms with Gasteiger partial charge in [-0.15, -0.1) is 0 Å². The lowest BCUT2D eigenvalue weighted by molar-refractivity contribution is -0.139. The quantitative estimate of drug-likeness (QED) is 0.567. The van der Waals surface area contributed by atoms with Crippen LogP contribution in [0.3, 0.4) is 0 Å². The number of hydrogen-bond donors (Lipinski definition) is 0. The van der Waals surface area contributed by atoms with Crippen molar-refractivity contribution in [2.75, 3.05) is 27.3 Å². The highest BCUT2D eigenvalue weighted by Crippen LogP contribution is 2.42. The van der Waals surface area contributed by atoms with Crippen molar-refractivity contribution in [3.63, 3.8) is 0 Å². The summed E-state index contributed by atoms with van der Waals surface area (Å²) in [6.07, 6.45) is 0.548. The van der Waals surface area contributed by atoms with E-state index in [2.05, 4.69) is 17.0 Å². The van der Waals surface area contributed by atoms with Crippen LogP contribution in [0.4, 0.5) is 0 Å². The SMILES string of the molecule is COC(=O)C1=C(C)CC(C)=C(C(=O)OCCN(C)Cc2ccccc2)C1c1ccccc1. The molecule has 0 amide bonds. The molecule has 3 rings (SSSR count). The molecule has 0 saturated heterocycles. The highest BCUT2D eigenvalue weighted by Gasteiger charge is 2.37. The fraction of sp³-hybridized carbons (Fsp3) is 0.333. The Morgan fingerprint density at radius 1 is 0.906 bits per heavy atom. The molecule has 0 heterocycles. The van der Waals surface area contributed by atoms with E-state index < -0.39 is 11.9 Å². The number of methoxy groups -OCH3 is 1. The number of ether oxygens (including phenoxy) is 2. The minimum atomic E-state index is -0.494. The molecule has 0 aliphatic heterocycles. The Morgan fingerprint density at radius 2 is 1.47 bits per heavy atom. The fourth-order valence-electron chi connectivity index (χ4n) is 4.24. The number of carbonyl (C=O) groups is 2. The van der Waals surface area contributed by atoms with E-state index >= 15 is 0 Å². The van der Waals surface area contributed by atoms with Gasteiger partial charge in [0.1, 0.15) is 6.61 Å². The van der Waals surface area contributed by atoms with E-state index in [0.29, 0.717) is 24.1 Å². The number of benzene rings is 2. The largest absolute Gasteiger partial charge is 0.466 e. The van der Waals surface area contributed by atoms with E-state index in [1.54, 1.807) is 0 Å². The van der Waals surface area contributed by atoms with Gasteiger partial charge in [-0.1, -0.05) is 71.8 Å². The topological polar surface area (TPSA) is 55.8 Å². The predicted octanol–water partition coefficient (Wildman–Crippen LogP) is 4.66. The Balaban J connectivity index is 1.75. The van der Waals surface area contributed by atoms with Crippen LogP contribution >= 0.6 is 0 Å². The molecule has 1 unspecified atom stereocenters. The van der Waals surface area contributed by atoms with Gasteiger partial charge < -0.3 is 9.47 Å². The maximum atomic E-state index is 13.2. The monoisotopic (exact) mass is 433 g/mol. The van der Waals surface area contributed by atoms with Crippen molar-refractivity contribution in [2.45, 2.75) is 32.7 Å². The second-order valence-electron chi connectivity index (χ2n) is 8.26. The first kappa shape index (κ1) is 23.5. The molecule has 0 spiro atoms. The summed E-state index contributed by atoms with van der Waals surface area (Å²) >= 11 is 0. The normalized spacial score (nSPS) is 16.3. The van der Waals surface area contributed by atoms with Crippen LogP contribution in [0.5, 0.6) is 0 Å².